The molecule has 38 heavy (non-hydrogen) atoms. The molecule has 0 aliphatic heterocycles. The molecule has 2 aromatic carbocycles. The summed E-state index contributed by atoms with van der Waals surface area (Å²) in [6, 6.07) is 16.5. The first kappa shape index (κ1) is 30.3. The number of alkyl halides is 2. The molecule has 0 unspecified atom stereocenters. The fraction of sp³-hybridized carbons (Fsp3) is 0.581. The van der Waals surface area contributed by atoms with Crippen LogP contribution in [0.15, 0.2) is 53.4 Å². The molecule has 0 aromatic heterocycles. The van der Waals surface area contributed by atoms with Gasteiger partial charge in [-0.3, -0.25) is 0 Å². The van der Waals surface area contributed by atoms with Crippen molar-refractivity contribution in [3.8, 4) is 5.75 Å². The van der Waals surface area contributed by atoms with Gasteiger partial charge in [-0.25, -0.2) is 13.6 Å². The second-order valence-electron chi connectivity index (χ2n) is 11.4. The molecule has 210 valence electrons. The lowest BCUT2D eigenvalue weighted by atomic mass is 9.91. The zero-order chi connectivity index (χ0) is 27.8. The van der Waals surface area contributed by atoms with E-state index in [2.05, 4.69) is 56.3 Å². The molecule has 0 spiro atoms. The van der Waals surface area contributed by atoms with Crippen LogP contribution in [0.3, 0.4) is 0 Å². The largest absolute Gasteiger partial charge is 0.490 e. The van der Waals surface area contributed by atoms with Crippen LogP contribution in [0.1, 0.15) is 83.8 Å². The van der Waals surface area contributed by atoms with E-state index in [0.717, 1.165) is 41.2 Å². The van der Waals surface area contributed by atoms with Crippen LogP contribution in [0.5, 0.6) is 5.75 Å². The van der Waals surface area contributed by atoms with E-state index in [1.807, 2.05) is 26.8 Å². The van der Waals surface area contributed by atoms with Gasteiger partial charge in [0.1, 0.15) is 11.4 Å². The van der Waals surface area contributed by atoms with Crippen molar-refractivity contribution < 1.29 is 23.0 Å². The molecule has 4 nitrogen and oxygen atoms in total. The summed E-state index contributed by atoms with van der Waals surface area (Å²) >= 11 is 1.77. The smallest absolute Gasteiger partial charge is 0.410 e. The first-order valence-electron chi connectivity index (χ1n) is 13.7. The summed E-state index contributed by atoms with van der Waals surface area (Å²) < 4.78 is 39.4. The van der Waals surface area contributed by atoms with E-state index in [1.165, 1.54) is 5.56 Å². The Morgan fingerprint density at radius 3 is 2.45 bits per heavy atom. The van der Waals surface area contributed by atoms with Crippen molar-refractivity contribution in [3.05, 3.63) is 59.7 Å². The van der Waals surface area contributed by atoms with Crippen molar-refractivity contribution in [3.63, 3.8) is 0 Å². The molecule has 1 saturated carbocycles. The predicted molar refractivity (Wildman–Crippen MR) is 151 cm³/mol. The topological polar surface area (TPSA) is 38.8 Å². The SMILES string of the molecule is Cc1ccc(SCc2ccccc2)c(O[C@@H](C)CCCCN(C(=O)OC(C)(C)C)C2CCC(F)(F)CC2)c1. The van der Waals surface area contributed by atoms with Crippen LogP contribution in [-0.4, -0.2) is 41.2 Å². The number of unbranched alkanes of at least 4 members (excludes halogenated alkanes) is 1. The third kappa shape index (κ3) is 10.1. The van der Waals surface area contributed by atoms with Crippen molar-refractivity contribution in [2.75, 3.05) is 6.54 Å². The van der Waals surface area contributed by atoms with Gasteiger partial charge in [0.15, 0.2) is 0 Å². The Bertz CT molecular complexity index is 1020. The summed E-state index contributed by atoms with van der Waals surface area (Å²) in [5.41, 5.74) is 1.80. The number of halogens is 2. The maximum absolute atomic E-state index is 13.7. The van der Waals surface area contributed by atoms with Gasteiger partial charge in [-0.05, 0) is 90.0 Å². The summed E-state index contributed by atoms with van der Waals surface area (Å²) in [6.45, 7) is 10.1. The summed E-state index contributed by atoms with van der Waals surface area (Å²) in [7, 11) is 0. The van der Waals surface area contributed by atoms with Gasteiger partial charge in [0, 0.05) is 36.1 Å². The van der Waals surface area contributed by atoms with Crippen molar-refractivity contribution in [2.24, 2.45) is 0 Å². The van der Waals surface area contributed by atoms with Crippen LogP contribution in [0.25, 0.3) is 0 Å². The number of ether oxygens (including phenoxy) is 2. The standard InChI is InChI=1S/C31H43F2NO3S/c1-23-14-15-28(38-22-25-12-7-6-8-13-25)27(21-23)36-24(2)11-9-10-20-34(29(35)37-30(3,4)5)26-16-18-31(32,33)19-17-26/h6-8,12-15,21,24,26H,9-11,16-20,22H2,1-5H3/t24-/m0/s1. The summed E-state index contributed by atoms with van der Waals surface area (Å²) in [5, 5.41) is 0. The number of hydrogen-bond donors (Lipinski definition) is 0. The second kappa shape index (κ2) is 13.7. The van der Waals surface area contributed by atoms with E-state index in [9.17, 15) is 13.6 Å². The highest BCUT2D eigenvalue weighted by Crippen LogP contribution is 2.36. The van der Waals surface area contributed by atoms with Gasteiger partial charge in [-0.2, -0.15) is 0 Å². The quantitative estimate of drug-likeness (QED) is 0.208. The minimum Gasteiger partial charge on any atom is -0.490 e. The first-order chi connectivity index (χ1) is 17.9. The lowest BCUT2D eigenvalue weighted by Gasteiger charge is -2.37. The normalized spacial score (nSPS) is 16.6. The van der Waals surface area contributed by atoms with Crippen molar-refractivity contribution in [1.29, 1.82) is 0 Å². The van der Waals surface area contributed by atoms with Crippen LogP contribution in [-0.2, 0) is 10.5 Å². The number of hydrogen-bond acceptors (Lipinski definition) is 4. The number of benzene rings is 2. The second-order valence-corrected chi connectivity index (χ2v) is 12.4. The predicted octanol–water partition coefficient (Wildman–Crippen LogP) is 9.04. The van der Waals surface area contributed by atoms with Crippen LogP contribution in [0.4, 0.5) is 13.6 Å². The first-order valence-corrected chi connectivity index (χ1v) is 14.7. The van der Waals surface area contributed by atoms with E-state index in [0.29, 0.717) is 19.4 Å². The van der Waals surface area contributed by atoms with Crippen LogP contribution < -0.4 is 4.74 Å². The minimum absolute atomic E-state index is 0.0104. The molecule has 0 radical (unpaired) electrons. The number of carbonyl (C=O) groups excluding carboxylic acids is 1. The van der Waals surface area contributed by atoms with Crippen molar-refractivity contribution in [2.45, 2.75) is 114 Å². The molecule has 1 atom stereocenters. The van der Waals surface area contributed by atoms with Gasteiger partial charge in [-0.1, -0.05) is 36.4 Å². The molecule has 1 aliphatic rings. The lowest BCUT2D eigenvalue weighted by molar-refractivity contribution is -0.0571. The van der Waals surface area contributed by atoms with Crippen molar-refractivity contribution >= 4 is 17.9 Å². The van der Waals surface area contributed by atoms with Gasteiger partial charge in [0.2, 0.25) is 5.92 Å². The Labute approximate surface area is 231 Å². The molecule has 3 rings (SSSR count). The van der Waals surface area contributed by atoms with Crippen LogP contribution in [0, 0.1) is 6.92 Å². The molecule has 1 fully saturated rings. The summed E-state index contributed by atoms with van der Waals surface area (Å²) in [4.78, 5) is 15.7. The fourth-order valence-corrected chi connectivity index (χ4v) is 5.56. The molecule has 1 aliphatic carbocycles. The van der Waals surface area contributed by atoms with Gasteiger partial charge >= 0.3 is 6.09 Å². The van der Waals surface area contributed by atoms with E-state index in [-0.39, 0.29) is 25.0 Å². The Kier molecular flexibility index (Phi) is 10.9. The third-order valence-corrected chi connectivity index (χ3v) is 7.81. The molecule has 0 saturated heterocycles. The average molecular weight is 548 g/mol. The van der Waals surface area contributed by atoms with E-state index < -0.39 is 17.6 Å². The van der Waals surface area contributed by atoms with Gasteiger partial charge in [0.25, 0.3) is 0 Å². The summed E-state index contributed by atoms with van der Waals surface area (Å²) in [5.74, 6) is -0.851. The number of nitrogens with zero attached hydrogens (tertiary/aromatic N) is 1. The summed E-state index contributed by atoms with van der Waals surface area (Å²) in [6.07, 6.45) is 2.33. The number of rotatable bonds is 11. The Morgan fingerprint density at radius 2 is 1.79 bits per heavy atom. The van der Waals surface area contributed by atoms with E-state index in [4.69, 9.17) is 9.47 Å². The molecule has 1 amide bonds. The Morgan fingerprint density at radius 1 is 1.11 bits per heavy atom. The molecular formula is C31H43F2NO3S. The number of thioether (sulfide) groups is 1. The van der Waals surface area contributed by atoms with Gasteiger partial charge in [-0.15, -0.1) is 11.8 Å². The Hall–Kier alpha value is -2.28. The lowest BCUT2D eigenvalue weighted by Crippen LogP contribution is -2.46. The zero-order valence-electron chi connectivity index (χ0n) is 23.5. The third-order valence-electron chi connectivity index (χ3n) is 6.68. The number of amides is 1. The highest BCUT2D eigenvalue weighted by atomic mass is 32.2. The van der Waals surface area contributed by atoms with E-state index in [1.54, 1.807) is 16.7 Å². The monoisotopic (exact) mass is 547 g/mol. The highest BCUT2D eigenvalue weighted by molar-refractivity contribution is 7.98. The molecule has 7 heteroatoms. The fourth-order valence-electron chi connectivity index (χ4n) is 4.63. The minimum atomic E-state index is -2.63. The molecule has 0 N–H and O–H groups in total. The van der Waals surface area contributed by atoms with E-state index >= 15 is 0 Å². The van der Waals surface area contributed by atoms with Gasteiger partial charge in [0.05, 0.1) is 6.10 Å². The maximum Gasteiger partial charge on any atom is 0.410 e. The van der Waals surface area contributed by atoms with Crippen LogP contribution >= 0.6 is 11.8 Å². The zero-order valence-corrected chi connectivity index (χ0v) is 24.3. The highest BCUT2D eigenvalue weighted by Gasteiger charge is 2.39. The van der Waals surface area contributed by atoms with Crippen LogP contribution in [0.2, 0.25) is 0 Å². The van der Waals surface area contributed by atoms with Gasteiger partial charge < -0.3 is 14.4 Å². The maximum atomic E-state index is 13.7. The number of aryl methyl sites for hydroxylation is 1. The molecular weight excluding hydrogens is 504 g/mol. The molecule has 0 heterocycles. The molecule has 0 bridgehead atoms. The molecule has 2 aromatic rings. The number of carbonyl (C=O) groups is 1. The average Bonchev–Trinajstić information content (AvgIpc) is 2.83. The Balaban J connectivity index is 1.52. The van der Waals surface area contributed by atoms with Crippen molar-refractivity contribution in [1.82, 2.24) is 4.90 Å².